The minimum atomic E-state index is -0.0929. The molecule has 2 aliphatic heterocycles. The summed E-state index contributed by atoms with van der Waals surface area (Å²) in [7, 11) is 0. The van der Waals surface area contributed by atoms with Crippen molar-refractivity contribution in [1.82, 2.24) is 9.88 Å². The number of hydrogen-bond acceptors (Lipinski definition) is 4. The van der Waals surface area contributed by atoms with E-state index in [-0.39, 0.29) is 5.60 Å². The summed E-state index contributed by atoms with van der Waals surface area (Å²) in [5, 5.41) is 0. The largest absolute Gasteiger partial charge is 0.375 e. The van der Waals surface area contributed by atoms with Gasteiger partial charge >= 0.3 is 0 Å². The van der Waals surface area contributed by atoms with Crippen LogP contribution in [0.25, 0.3) is 0 Å². The molecule has 4 rings (SSSR count). The van der Waals surface area contributed by atoms with E-state index in [9.17, 15) is 4.79 Å². The summed E-state index contributed by atoms with van der Waals surface area (Å²) in [5.41, 5.74) is 1.91. The number of ether oxygens (including phenoxy) is 2. The van der Waals surface area contributed by atoms with Gasteiger partial charge in [0.05, 0.1) is 25.4 Å². The van der Waals surface area contributed by atoms with Crippen LogP contribution in [0.3, 0.4) is 0 Å². The zero-order chi connectivity index (χ0) is 17.3. The molecule has 3 fully saturated rings. The van der Waals surface area contributed by atoms with Crippen LogP contribution in [0.5, 0.6) is 0 Å². The van der Waals surface area contributed by atoms with Gasteiger partial charge in [0, 0.05) is 24.8 Å². The average Bonchev–Trinajstić information content (AvgIpc) is 2.92. The number of pyridine rings is 1. The molecule has 5 nitrogen and oxygen atoms in total. The van der Waals surface area contributed by atoms with Crippen LogP contribution in [-0.4, -0.2) is 47.7 Å². The molecule has 3 aliphatic rings. The molecular formula is C20H28N2O3. The summed E-state index contributed by atoms with van der Waals surface area (Å²) in [5.74, 6) is 1.15. The molecule has 0 N–H and O–H groups in total. The molecule has 1 aliphatic carbocycles. The third-order valence-corrected chi connectivity index (χ3v) is 6.09. The van der Waals surface area contributed by atoms with Gasteiger partial charge in [0.15, 0.2) is 0 Å². The summed E-state index contributed by atoms with van der Waals surface area (Å²) in [6.45, 7) is 5.67. The number of carbonyl (C=O) groups excluding carboxylic acids is 1. The van der Waals surface area contributed by atoms with Gasteiger partial charge in [-0.15, -0.1) is 0 Å². The van der Waals surface area contributed by atoms with Gasteiger partial charge in [0.2, 0.25) is 5.91 Å². The number of amides is 1. The second kappa shape index (κ2) is 7.04. The zero-order valence-electron chi connectivity index (χ0n) is 15.1. The molecule has 0 bridgehead atoms. The molecule has 5 heteroatoms. The first kappa shape index (κ1) is 17.0. The van der Waals surface area contributed by atoms with E-state index in [4.69, 9.17) is 9.47 Å². The molecule has 1 atom stereocenters. The minimum absolute atomic E-state index is 0.0929. The predicted octanol–water partition coefficient (Wildman–Crippen LogP) is 2.71. The second-order valence-corrected chi connectivity index (χ2v) is 7.83. The number of aromatic nitrogens is 1. The van der Waals surface area contributed by atoms with Crippen LogP contribution in [-0.2, 0) is 20.9 Å². The van der Waals surface area contributed by atoms with Crippen LogP contribution < -0.4 is 0 Å². The molecule has 1 saturated carbocycles. The molecule has 0 aromatic carbocycles. The monoisotopic (exact) mass is 344 g/mol. The summed E-state index contributed by atoms with van der Waals surface area (Å²) in [6, 6.07) is 6.02. The second-order valence-electron chi connectivity index (χ2n) is 7.83. The number of nitrogens with zero attached hydrogens (tertiary/aromatic N) is 2. The molecule has 3 heterocycles. The van der Waals surface area contributed by atoms with Crippen molar-refractivity contribution in [2.75, 3.05) is 26.3 Å². The Bertz CT molecular complexity index is 623. The maximum absolute atomic E-state index is 12.3. The van der Waals surface area contributed by atoms with Crippen LogP contribution >= 0.6 is 0 Å². The Morgan fingerprint density at radius 2 is 2.20 bits per heavy atom. The van der Waals surface area contributed by atoms with Crippen molar-refractivity contribution in [1.29, 1.82) is 0 Å². The lowest BCUT2D eigenvalue weighted by atomic mass is 9.77. The standard InChI is InChI=1S/C20H28N2O3/c1-15-4-2-7-18(21-15)12-24-10-8-17-9-11-25-20(17)13-22(14-20)19(23)16-5-3-6-16/h2,4,7,16-17H,3,5-6,8-14H2,1H3/t17-/m0/s1. The molecule has 1 aromatic heterocycles. The number of aryl methyl sites for hydroxylation is 1. The van der Waals surface area contributed by atoms with E-state index in [1.165, 1.54) is 6.42 Å². The Hall–Kier alpha value is -1.46. The lowest BCUT2D eigenvalue weighted by Crippen LogP contribution is -2.67. The number of rotatable bonds is 6. The third kappa shape index (κ3) is 3.44. The van der Waals surface area contributed by atoms with Crippen molar-refractivity contribution in [2.45, 2.75) is 51.2 Å². The van der Waals surface area contributed by atoms with Crippen molar-refractivity contribution in [3.05, 3.63) is 29.6 Å². The maximum atomic E-state index is 12.3. The van der Waals surface area contributed by atoms with Crippen molar-refractivity contribution in [2.24, 2.45) is 11.8 Å². The summed E-state index contributed by atoms with van der Waals surface area (Å²) in [4.78, 5) is 18.8. The summed E-state index contributed by atoms with van der Waals surface area (Å²) < 4.78 is 11.9. The normalized spacial score (nSPS) is 25.0. The highest BCUT2D eigenvalue weighted by Crippen LogP contribution is 2.43. The van der Waals surface area contributed by atoms with Gasteiger partial charge in [-0.25, -0.2) is 0 Å². The van der Waals surface area contributed by atoms with E-state index in [1.54, 1.807) is 0 Å². The topological polar surface area (TPSA) is 51.7 Å². The van der Waals surface area contributed by atoms with E-state index >= 15 is 0 Å². The third-order valence-electron chi connectivity index (χ3n) is 6.09. The molecular weight excluding hydrogens is 316 g/mol. The minimum Gasteiger partial charge on any atom is -0.375 e. The van der Waals surface area contributed by atoms with Crippen molar-refractivity contribution >= 4 is 5.91 Å². The fraction of sp³-hybridized carbons (Fsp3) is 0.700. The van der Waals surface area contributed by atoms with Gasteiger partial charge in [-0.1, -0.05) is 12.5 Å². The van der Waals surface area contributed by atoms with Gasteiger partial charge in [-0.2, -0.15) is 0 Å². The quantitative estimate of drug-likeness (QED) is 0.745. The Labute approximate surface area is 149 Å². The van der Waals surface area contributed by atoms with Crippen LogP contribution in [0.1, 0.15) is 43.5 Å². The van der Waals surface area contributed by atoms with Gasteiger partial charge in [-0.3, -0.25) is 9.78 Å². The Kier molecular flexibility index (Phi) is 4.78. The maximum Gasteiger partial charge on any atom is 0.225 e. The van der Waals surface area contributed by atoms with E-state index in [1.807, 2.05) is 30.0 Å². The highest BCUT2D eigenvalue weighted by molar-refractivity contribution is 5.80. The highest BCUT2D eigenvalue weighted by Gasteiger charge is 2.54. The van der Waals surface area contributed by atoms with Crippen molar-refractivity contribution in [3.8, 4) is 0 Å². The Morgan fingerprint density at radius 1 is 1.36 bits per heavy atom. The molecule has 0 unspecified atom stereocenters. The Balaban J connectivity index is 1.22. The first-order valence-electron chi connectivity index (χ1n) is 9.59. The van der Waals surface area contributed by atoms with Crippen LogP contribution in [0.15, 0.2) is 18.2 Å². The first-order valence-corrected chi connectivity index (χ1v) is 9.59. The molecule has 0 radical (unpaired) electrons. The van der Waals surface area contributed by atoms with Crippen LogP contribution in [0, 0.1) is 18.8 Å². The fourth-order valence-electron chi connectivity index (χ4n) is 4.29. The smallest absolute Gasteiger partial charge is 0.225 e. The first-order chi connectivity index (χ1) is 12.2. The number of likely N-dealkylation sites (tertiary alicyclic amines) is 1. The summed E-state index contributed by atoms with van der Waals surface area (Å²) in [6.07, 6.45) is 5.44. The highest BCUT2D eigenvalue weighted by atomic mass is 16.5. The molecule has 2 saturated heterocycles. The molecule has 136 valence electrons. The fourth-order valence-corrected chi connectivity index (χ4v) is 4.29. The van der Waals surface area contributed by atoms with Crippen LogP contribution in [0.2, 0.25) is 0 Å². The van der Waals surface area contributed by atoms with Gasteiger partial charge in [0.1, 0.15) is 5.60 Å². The number of hydrogen-bond donors (Lipinski definition) is 0. The molecule has 25 heavy (non-hydrogen) atoms. The number of carbonyl (C=O) groups is 1. The summed E-state index contributed by atoms with van der Waals surface area (Å²) >= 11 is 0. The van der Waals surface area contributed by atoms with E-state index in [0.717, 1.165) is 63.4 Å². The zero-order valence-corrected chi connectivity index (χ0v) is 15.1. The Morgan fingerprint density at radius 3 is 2.92 bits per heavy atom. The van der Waals surface area contributed by atoms with Gasteiger partial charge in [0.25, 0.3) is 0 Å². The van der Waals surface area contributed by atoms with Crippen LogP contribution in [0.4, 0.5) is 0 Å². The van der Waals surface area contributed by atoms with E-state index < -0.39 is 0 Å². The molecule has 1 aromatic rings. The average molecular weight is 344 g/mol. The van der Waals surface area contributed by atoms with Crippen molar-refractivity contribution in [3.63, 3.8) is 0 Å². The van der Waals surface area contributed by atoms with Gasteiger partial charge in [-0.05, 0) is 50.7 Å². The lowest BCUT2D eigenvalue weighted by molar-refractivity contribution is -0.172. The molecule has 1 amide bonds. The van der Waals surface area contributed by atoms with Gasteiger partial charge < -0.3 is 14.4 Å². The predicted molar refractivity (Wildman–Crippen MR) is 94.0 cm³/mol. The van der Waals surface area contributed by atoms with Crippen molar-refractivity contribution < 1.29 is 14.3 Å². The van der Waals surface area contributed by atoms with E-state index in [2.05, 4.69) is 4.98 Å². The SMILES string of the molecule is Cc1cccc(COCC[C@H]2CCOC23CN(C(=O)C2CCC2)C3)n1. The molecule has 1 spiro atoms. The lowest BCUT2D eigenvalue weighted by Gasteiger charge is -2.51. The van der Waals surface area contributed by atoms with E-state index in [0.29, 0.717) is 24.3 Å².